The van der Waals surface area contributed by atoms with Gasteiger partial charge in [0.15, 0.2) is 17.3 Å². The molecule has 0 atom stereocenters. The highest BCUT2D eigenvalue weighted by Gasteiger charge is 2.30. The van der Waals surface area contributed by atoms with Crippen LogP contribution < -0.4 is 20.7 Å². The Morgan fingerprint density at radius 2 is 1.97 bits per heavy atom. The second-order valence-corrected chi connectivity index (χ2v) is 7.92. The third-order valence-corrected chi connectivity index (χ3v) is 5.33. The Bertz CT molecular complexity index is 1360. The molecule has 1 aromatic carbocycles. The molecule has 3 N–H and O–H groups in total. The van der Waals surface area contributed by atoms with Gasteiger partial charge in [0.1, 0.15) is 0 Å². The van der Waals surface area contributed by atoms with Gasteiger partial charge in [-0.25, -0.2) is 0 Å². The van der Waals surface area contributed by atoms with Gasteiger partial charge in [0.25, 0.3) is 11.8 Å². The van der Waals surface area contributed by atoms with E-state index in [4.69, 9.17) is 22.8 Å². The lowest BCUT2D eigenvalue weighted by atomic mass is 10.1. The van der Waals surface area contributed by atoms with Crippen LogP contribution in [0.1, 0.15) is 53.4 Å². The zero-order valence-corrected chi connectivity index (χ0v) is 20.5. The lowest BCUT2D eigenvalue weighted by Gasteiger charge is -2.16. The predicted molar refractivity (Wildman–Crippen MR) is 132 cm³/mol. The van der Waals surface area contributed by atoms with Crippen molar-refractivity contribution in [2.24, 2.45) is 5.92 Å². The Hall–Kier alpha value is -4.10. The maximum Gasteiger partial charge on any atom is 0.273 e. The van der Waals surface area contributed by atoms with E-state index in [2.05, 4.69) is 31.0 Å². The molecule has 37 heavy (non-hydrogen) atoms. The fraction of sp³-hybridized carbons (Fsp3) is 0.417. The maximum absolute atomic E-state index is 12.7. The van der Waals surface area contributed by atoms with E-state index in [0.29, 0.717) is 24.5 Å². The molecule has 13 nitrogen and oxygen atoms in total. The van der Waals surface area contributed by atoms with Crippen molar-refractivity contribution in [2.75, 3.05) is 37.9 Å². The Morgan fingerprint density at radius 3 is 2.65 bits per heavy atom. The van der Waals surface area contributed by atoms with Crippen LogP contribution in [0, 0.1) is 5.92 Å². The Morgan fingerprint density at radius 1 is 1.19 bits per heavy atom. The molecule has 1 fully saturated rings. The summed E-state index contributed by atoms with van der Waals surface area (Å²) < 4.78 is 44.3. The monoisotopic (exact) mass is 514 g/mol. The van der Waals surface area contributed by atoms with Crippen molar-refractivity contribution in [3.63, 3.8) is 0 Å². The lowest BCUT2D eigenvalue weighted by Crippen LogP contribution is -2.22. The highest BCUT2D eigenvalue weighted by molar-refractivity contribution is 6.00. The molecule has 0 saturated heterocycles. The Kier molecular flexibility index (Phi) is 7.03. The summed E-state index contributed by atoms with van der Waals surface area (Å²) >= 11 is 0. The molecule has 2 heterocycles. The molecule has 0 spiro atoms. The van der Waals surface area contributed by atoms with Crippen molar-refractivity contribution in [2.45, 2.75) is 33.0 Å². The van der Waals surface area contributed by atoms with Crippen LogP contribution in [0.15, 0.2) is 28.8 Å². The Balaban J connectivity index is 1.69. The summed E-state index contributed by atoms with van der Waals surface area (Å²) in [6.07, 6.45) is 0.743. The molecule has 2 amide bonds. The van der Waals surface area contributed by atoms with Gasteiger partial charge in [-0.05, 0) is 38.8 Å². The van der Waals surface area contributed by atoms with E-state index in [9.17, 15) is 9.59 Å². The summed E-state index contributed by atoms with van der Waals surface area (Å²) in [5.41, 5.74) is 0.513. The summed E-state index contributed by atoms with van der Waals surface area (Å²) in [6.45, 7) is 1.61. The van der Waals surface area contributed by atoms with Crippen LogP contribution in [-0.2, 0) is 14.3 Å². The fourth-order valence-electron chi connectivity index (χ4n) is 3.46. The molecule has 1 aliphatic carbocycles. The number of nitrogens with one attached hydrogen (secondary N) is 3. The minimum absolute atomic E-state index is 0.0669. The molecule has 1 aliphatic rings. The van der Waals surface area contributed by atoms with E-state index in [1.54, 1.807) is 18.2 Å². The highest BCUT2D eigenvalue weighted by Crippen LogP contribution is 2.38. The number of carbonyl (C=O) groups excluding carboxylic acids is 2. The van der Waals surface area contributed by atoms with Gasteiger partial charge in [0, 0.05) is 36.3 Å². The highest BCUT2D eigenvalue weighted by atomic mass is 16.7. The van der Waals surface area contributed by atoms with E-state index in [0.717, 1.165) is 12.8 Å². The smallest absolute Gasteiger partial charge is 0.273 e. The van der Waals surface area contributed by atoms with E-state index in [1.807, 2.05) is 19.2 Å². The van der Waals surface area contributed by atoms with Crippen LogP contribution in [0.5, 0.6) is 5.75 Å². The van der Waals surface area contributed by atoms with Gasteiger partial charge >= 0.3 is 0 Å². The predicted octanol–water partition coefficient (Wildman–Crippen LogP) is 3.06. The number of aromatic nitrogens is 4. The molecule has 1 saturated carbocycles. The number of amides is 2. The van der Waals surface area contributed by atoms with Crippen molar-refractivity contribution in [1.82, 2.24) is 25.7 Å². The van der Waals surface area contributed by atoms with Gasteiger partial charge in [0.2, 0.25) is 18.0 Å². The second kappa shape index (κ2) is 11.8. The largest absolute Gasteiger partial charge is 0.494 e. The van der Waals surface area contributed by atoms with Gasteiger partial charge in [-0.3, -0.25) is 9.59 Å². The zero-order chi connectivity index (χ0) is 28.9. The van der Waals surface area contributed by atoms with Crippen molar-refractivity contribution >= 4 is 29.0 Å². The van der Waals surface area contributed by atoms with Crippen LogP contribution in [0.3, 0.4) is 0 Å². The molecule has 4 rings (SSSR count). The lowest BCUT2D eigenvalue weighted by molar-refractivity contribution is -0.145. The van der Waals surface area contributed by atoms with Gasteiger partial charge in [-0.1, -0.05) is 11.2 Å². The topological polar surface area (TPSA) is 163 Å². The normalized spacial score (nSPS) is 14.4. The number of hydrogen-bond acceptors (Lipinski definition) is 11. The molecular formula is C24H29N7O6. The first-order chi connectivity index (χ1) is 19.1. The average Bonchev–Trinajstić information content (AvgIpc) is 3.64. The summed E-state index contributed by atoms with van der Waals surface area (Å²) in [4.78, 5) is 29.4. The number of hydrogen-bond donors (Lipinski definition) is 3. The summed E-state index contributed by atoms with van der Waals surface area (Å²) in [7, 11) is 1.43. The van der Waals surface area contributed by atoms with Crippen molar-refractivity contribution in [1.29, 1.82) is 0 Å². The molecular weight excluding hydrogens is 482 g/mol. The number of benzene rings is 1. The average molecular weight is 515 g/mol. The van der Waals surface area contributed by atoms with Gasteiger partial charge in [0.05, 0.1) is 24.0 Å². The van der Waals surface area contributed by atoms with Gasteiger partial charge in [-0.15, -0.1) is 10.2 Å². The molecule has 0 radical (unpaired) electrons. The van der Waals surface area contributed by atoms with E-state index >= 15 is 0 Å². The number of carbonyl (C=O) groups is 2. The van der Waals surface area contributed by atoms with Crippen LogP contribution >= 0.6 is 0 Å². The molecule has 13 heteroatoms. The van der Waals surface area contributed by atoms with E-state index < -0.39 is 19.2 Å². The second-order valence-electron chi connectivity index (χ2n) is 7.92. The van der Waals surface area contributed by atoms with Crippen LogP contribution in [0.4, 0.5) is 17.2 Å². The quantitative estimate of drug-likeness (QED) is 0.304. The maximum atomic E-state index is 12.7. The standard InChI is InChI=1S/C24H29N7O6/c1-5-35-24(36-6-2)20-28-23(37-31-20)14-8-7-9-15(19(14)34-4)26-16-12-17(27-21(32)13-10-11-13)29-30-18(16)22(33)25-3/h7-9,12-13,24H,5-6,10-11H2,1-4H3,(H,25,33)(H2,26,27,29,32)/i3D3. The summed E-state index contributed by atoms with van der Waals surface area (Å²) in [6, 6.07) is 6.40. The molecule has 3 aromatic rings. The first-order valence-corrected chi connectivity index (χ1v) is 11.7. The molecule has 0 aliphatic heterocycles. The molecule has 2 aromatic heterocycles. The van der Waals surface area contributed by atoms with Crippen molar-refractivity contribution in [3.05, 3.63) is 35.8 Å². The van der Waals surface area contributed by atoms with Crippen LogP contribution in [0.25, 0.3) is 11.5 Å². The van der Waals surface area contributed by atoms with E-state index in [1.165, 1.54) is 13.2 Å². The van der Waals surface area contributed by atoms with Crippen molar-refractivity contribution in [3.8, 4) is 17.2 Å². The zero-order valence-electron chi connectivity index (χ0n) is 23.5. The first kappa shape index (κ1) is 22.1. The molecule has 0 unspecified atom stereocenters. The molecule has 196 valence electrons. The first-order valence-electron chi connectivity index (χ1n) is 13.2. The summed E-state index contributed by atoms with van der Waals surface area (Å²) in [5, 5.41) is 19.3. The number of anilines is 3. The van der Waals surface area contributed by atoms with Crippen LogP contribution in [0.2, 0.25) is 0 Å². The number of para-hydroxylation sites is 1. The Labute approximate surface area is 217 Å². The number of methoxy groups -OCH3 is 1. The molecule has 0 bridgehead atoms. The number of nitrogens with zero attached hydrogens (tertiary/aromatic N) is 4. The van der Waals surface area contributed by atoms with Gasteiger partial charge < -0.3 is 34.7 Å². The van der Waals surface area contributed by atoms with Gasteiger partial charge in [-0.2, -0.15) is 4.98 Å². The van der Waals surface area contributed by atoms with Crippen LogP contribution in [-0.4, -0.2) is 59.5 Å². The summed E-state index contributed by atoms with van der Waals surface area (Å²) in [5.74, 6) is -0.654. The SMILES string of the molecule is [2H]C([2H])([2H])NC(=O)c1nnc(NC(=O)C2CC2)cc1Nc1cccc(-c2nc(C(OCC)OCC)no2)c1OC. The fourth-order valence-corrected chi connectivity index (χ4v) is 3.46. The third kappa shape index (κ3) is 6.01. The minimum Gasteiger partial charge on any atom is -0.494 e. The number of ether oxygens (including phenoxy) is 3. The van der Waals surface area contributed by atoms with E-state index in [-0.39, 0.29) is 46.5 Å². The third-order valence-electron chi connectivity index (χ3n) is 5.33. The number of rotatable bonds is 12. The minimum atomic E-state index is -2.76. The van der Waals surface area contributed by atoms with Crippen molar-refractivity contribution < 1.29 is 32.4 Å².